The summed E-state index contributed by atoms with van der Waals surface area (Å²) in [4.78, 5) is 4.35. The highest BCUT2D eigenvalue weighted by Gasteiger charge is 2.05. The number of rotatable bonds is 3. The van der Waals surface area contributed by atoms with E-state index in [1.165, 1.54) is 0 Å². The Labute approximate surface area is 120 Å². The smallest absolute Gasteiger partial charge is 0.219 e. The number of benzene rings is 1. The molecule has 0 saturated carbocycles. The molecule has 0 N–H and O–H groups in total. The molecule has 0 bridgehead atoms. The van der Waals surface area contributed by atoms with Gasteiger partial charge in [0.25, 0.3) is 0 Å². The standard InChI is InChI=1S/C14H13BrClNO/c1-9-3-4-12(15)7-13(9)18-14-6-11(8-16)5-10(2)17-14/h3-7H,8H2,1-2H3. The molecule has 0 aliphatic heterocycles. The van der Waals surface area contributed by atoms with Gasteiger partial charge in [-0.25, -0.2) is 4.98 Å². The molecule has 0 fully saturated rings. The van der Waals surface area contributed by atoms with Gasteiger partial charge in [-0.1, -0.05) is 22.0 Å². The largest absolute Gasteiger partial charge is 0.439 e. The Balaban J connectivity index is 2.33. The number of hydrogen-bond acceptors (Lipinski definition) is 2. The maximum absolute atomic E-state index is 5.84. The van der Waals surface area contributed by atoms with E-state index in [0.29, 0.717) is 11.8 Å². The highest BCUT2D eigenvalue weighted by atomic mass is 79.9. The molecule has 2 rings (SSSR count). The predicted octanol–water partition coefficient (Wildman–Crippen LogP) is 4.99. The summed E-state index contributed by atoms with van der Waals surface area (Å²) in [5.41, 5.74) is 2.97. The molecule has 0 aliphatic carbocycles. The Kier molecular flexibility index (Phi) is 4.25. The zero-order chi connectivity index (χ0) is 13.1. The fourth-order valence-corrected chi connectivity index (χ4v) is 2.13. The van der Waals surface area contributed by atoms with Gasteiger partial charge in [0.1, 0.15) is 5.75 Å². The molecule has 0 amide bonds. The first kappa shape index (κ1) is 13.4. The van der Waals surface area contributed by atoms with Gasteiger partial charge < -0.3 is 4.74 Å². The highest BCUT2D eigenvalue weighted by molar-refractivity contribution is 9.10. The van der Waals surface area contributed by atoms with Gasteiger partial charge >= 0.3 is 0 Å². The molecule has 0 radical (unpaired) electrons. The molecule has 18 heavy (non-hydrogen) atoms. The minimum Gasteiger partial charge on any atom is -0.439 e. The zero-order valence-corrected chi connectivity index (χ0v) is 12.5. The SMILES string of the molecule is Cc1cc(CCl)cc(Oc2cc(Br)ccc2C)n1. The number of aromatic nitrogens is 1. The first-order valence-corrected chi connectivity index (χ1v) is 6.89. The maximum atomic E-state index is 5.84. The topological polar surface area (TPSA) is 22.1 Å². The van der Waals surface area contributed by atoms with Crippen molar-refractivity contribution in [2.24, 2.45) is 0 Å². The molecule has 0 unspecified atom stereocenters. The van der Waals surface area contributed by atoms with E-state index in [4.69, 9.17) is 16.3 Å². The molecule has 1 aromatic heterocycles. The maximum Gasteiger partial charge on any atom is 0.219 e. The molecule has 2 aromatic rings. The molecule has 2 nitrogen and oxygen atoms in total. The molecule has 94 valence electrons. The number of nitrogens with zero attached hydrogens (tertiary/aromatic N) is 1. The number of halogens is 2. The van der Waals surface area contributed by atoms with Crippen LogP contribution in [0.2, 0.25) is 0 Å². The van der Waals surface area contributed by atoms with Gasteiger partial charge in [0.2, 0.25) is 5.88 Å². The summed E-state index contributed by atoms with van der Waals surface area (Å²) in [5.74, 6) is 1.83. The van der Waals surface area contributed by atoms with Crippen molar-refractivity contribution in [1.82, 2.24) is 4.98 Å². The van der Waals surface area contributed by atoms with Crippen LogP contribution in [0, 0.1) is 13.8 Å². The average Bonchev–Trinajstić information content (AvgIpc) is 2.33. The summed E-state index contributed by atoms with van der Waals surface area (Å²) >= 11 is 9.27. The lowest BCUT2D eigenvalue weighted by atomic mass is 10.2. The van der Waals surface area contributed by atoms with Crippen molar-refractivity contribution in [3.63, 3.8) is 0 Å². The molecule has 0 spiro atoms. The van der Waals surface area contributed by atoms with Crippen LogP contribution in [0.25, 0.3) is 0 Å². The summed E-state index contributed by atoms with van der Waals surface area (Å²) in [5, 5.41) is 0. The van der Waals surface area contributed by atoms with Gasteiger partial charge in [-0.05, 0) is 43.2 Å². The normalized spacial score (nSPS) is 10.4. The van der Waals surface area contributed by atoms with Crippen LogP contribution in [0.5, 0.6) is 11.6 Å². The average molecular weight is 327 g/mol. The van der Waals surface area contributed by atoms with Crippen molar-refractivity contribution in [2.75, 3.05) is 0 Å². The van der Waals surface area contributed by atoms with Crippen LogP contribution in [-0.2, 0) is 5.88 Å². The Bertz CT molecular complexity index is 572. The number of hydrogen-bond donors (Lipinski definition) is 0. The molecule has 1 aromatic carbocycles. The van der Waals surface area contributed by atoms with Gasteiger partial charge in [0, 0.05) is 22.1 Å². The van der Waals surface area contributed by atoms with E-state index in [-0.39, 0.29) is 0 Å². The van der Waals surface area contributed by atoms with E-state index < -0.39 is 0 Å². The zero-order valence-electron chi connectivity index (χ0n) is 10.2. The van der Waals surface area contributed by atoms with Gasteiger partial charge in [0.15, 0.2) is 0 Å². The monoisotopic (exact) mass is 325 g/mol. The van der Waals surface area contributed by atoms with Crippen LogP contribution >= 0.6 is 27.5 Å². The lowest BCUT2D eigenvalue weighted by Gasteiger charge is -2.10. The van der Waals surface area contributed by atoms with Crippen molar-refractivity contribution in [3.05, 3.63) is 51.6 Å². The number of aryl methyl sites for hydroxylation is 2. The van der Waals surface area contributed by atoms with Gasteiger partial charge in [-0.3, -0.25) is 0 Å². The van der Waals surface area contributed by atoms with Gasteiger partial charge in [-0.15, -0.1) is 11.6 Å². The van der Waals surface area contributed by atoms with Crippen LogP contribution in [0.3, 0.4) is 0 Å². The summed E-state index contributed by atoms with van der Waals surface area (Å²) in [6, 6.07) is 9.72. The summed E-state index contributed by atoms with van der Waals surface area (Å²) in [6.45, 7) is 3.93. The molecule has 1 heterocycles. The molecule has 0 saturated heterocycles. The Morgan fingerprint density at radius 3 is 2.72 bits per heavy atom. The predicted molar refractivity (Wildman–Crippen MR) is 77.5 cm³/mol. The van der Waals surface area contributed by atoms with Crippen molar-refractivity contribution in [3.8, 4) is 11.6 Å². The highest BCUT2D eigenvalue weighted by Crippen LogP contribution is 2.28. The third-order valence-corrected chi connectivity index (χ3v) is 3.31. The van der Waals surface area contributed by atoms with Crippen LogP contribution in [-0.4, -0.2) is 4.98 Å². The van der Waals surface area contributed by atoms with E-state index in [1.54, 1.807) is 0 Å². The van der Waals surface area contributed by atoms with Crippen LogP contribution in [0.1, 0.15) is 16.8 Å². The first-order valence-electron chi connectivity index (χ1n) is 5.56. The van der Waals surface area contributed by atoms with Crippen LogP contribution < -0.4 is 4.74 Å². The number of alkyl halides is 1. The molecule has 4 heteroatoms. The van der Waals surface area contributed by atoms with Gasteiger partial charge in [0.05, 0.1) is 0 Å². The third kappa shape index (κ3) is 3.24. The second-order valence-corrected chi connectivity index (χ2v) is 5.28. The fourth-order valence-electron chi connectivity index (χ4n) is 1.63. The minimum atomic E-state index is 0.456. The van der Waals surface area contributed by atoms with E-state index >= 15 is 0 Å². The minimum absolute atomic E-state index is 0.456. The van der Waals surface area contributed by atoms with E-state index in [9.17, 15) is 0 Å². The van der Waals surface area contributed by atoms with Crippen molar-refractivity contribution < 1.29 is 4.74 Å². The fraction of sp³-hybridized carbons (Fsp3) is 0.214. The van der Waals surface area contributed by atoms with Crippen molar-refractivity contribution >= 4 is 27.5 Å². The molecule has 0 aliphatic rings. The summed E-state index contributed by atoms with van der Waals surface area (Å²) < 4.78 is 6.79. The molecular formula is C14H13BrClNO. The third-order valence-electron chi connectivity index (χ3n) is 2.51. The summed E-state index contributed by atoms with van der Waals surface area (Å²) in [6.07, 6.45) is 0. The summed E-state index contributed by atoms with van der Waals surface area (Å²) in [7, 11) is 0. The first-order chi connectivity index (χ1) is 8.58. The molecule has 0 atom stereocenters. The second kappa shape index (κ2) is 5.72. The van der Waals surface area contributed by atoms with E-state index in [0.717, 1.165) is 27.0 Å². The molecular weight excluding hydrogens is 314 g/mol. The lowest BCUT2D eigenvalue weighted by Crippen LogP contribution is -1.94. The Hall–Kier alpha value is -1.06. The number of pyridine rings is 1. The van der Waals surface area contributed by atoms with E-state index in [2.05, 4.69) is 20.9 Å². The lowest BCUT2D eigenvalue weighted by molar-refractivity contribution is 0.457. The van der Waals surface area contributed by atoms with Crippen LogP contribution in [0.15, 0.2) is 34.8 Å². The Morgan fingerprint density at radius 1 is 1.22 bits per heavy atom. The Morgan fingerprint density at radius 2 is 2.00 bits per heavy atom. The number of ether oxygens (including phenoxy) is 1. The quantitative estimate of drug-likeness (QED) is 0.741. The van der Waals surface area contributed by atoms with E-state index in [1.807, 2.05) is 44.2 Å². The van der Waals surface area contributed by atoms with Gasteiger partial charge in [-0.2, -0.15) is 0 Å². The second-order valence-electron chi connectivity index (χ2n) is 4.10. The van der Waals surface area contributed by atoms with Crippen molar-refractivity contribution in [2.45, 2.75) is 19.7 Å². The van der Waals surface area contributed by atoms with Crippen LogP contribution in [0.4, 0.5) is 0 Å². The van der Waals surface area contributed by atoms with Crippen molar-refractivity contribution in [1.29, 1.82) is 0 Å².